The van der Waals surface area contributed by atoms with Crippen molar-refractivity contribution in [2.24, 2.45) is 0 Å². The molecule has 0 radical (unpaired) electrons. The summed E-state index contributed by atoms with van der Waals surface area (Å²) >= 11 is 0. The molecule has 0 aliphatic heterocycles. The first-order valence-corrected chi connectivity index (χ1v) is 8.09. The zero-order valence-corrected chi connectivity index (χ0v) is 14.2. The summed E-state index contributed by atoms with van der Waals surface area (Å²) in [6.07, 6.45) is 0.582. The van der Waals surface area contributed by atoms with Crippen LogP contribution in [0.1, 0.15) is 53.1 Å². The van der Waals surface area contributed by atoms with Crippen LogP contribution in [-0.4, -0.2) is 34.7 Å². The Morgan fingerprint density at radius 1 is 1.00 bits per heavy atom. The highest BCUT2D eigenvalue weighted by Crippen LogP contribution is 2.18. The molecule has 128 valence electrons. The highest BCUT2D eigenvalue weighted by atomic mass is 16.5. The normalized spacial score (nSPS) is 10.5. The van der Waals surface area contributed by atoms with E-state index in [-0.39, 0.29) is 24.6 Å². The zero-order valence-electron chi connectivity index (χ0n) is 14.2. The van der Waals surface area contributed by atoms with Gasteiger partial charge in [0.1, 0.15) is 5.82 Å². The van der Waals surface area contributed by atoms with Crippen LogP contribution in [0.2, 0.25) is 0 Å². The number of aryl methyl sites for hydroxylation is 1. The molecule has 2 aromatic rings. The van der Waals surface area contributed by atoms with Crippen molar-refractivity contribution in [2.75, 3.05) is 13.2 Å². The fourth-order valence-electron chi connectivity index (χ4n) is 2.45. The number of aromatic nitrogens is 2. The highest BCUT2D eigenvalue weighted by Gasteiger charge is 2.28. The lowest BCUT2D eigenvalue weighted by molar-refractivity contribution is 0.0467. The summed E-state index contributed by atoms with van der Waals surface area (Å²) < 4.78 is 11.9. The van der Waals surface area contributed by atoms with Crippen molar-refractivity contribution in [1.29, 1.82) is 0 Å². The fourth-order valence-corrected chi connectivity index (χ4v) is 2.45. The van der Waals surface area contributed by atoms with Crippen molar-refractivity contribution < 1.29 is 19.1 Å². The van der Waals surface area contributed by atoms with Crippen LogP contribution in [0.15, 0.2) is 30.3 Å². The first-order valence-electron chi connectivity index (χ1n) is 8.09. The van der Waals surface area contributed by atoms with Gasteiger partial charge in [-0.15, -0.1) is 0 Å². The summed E-state index contributed by atoms with van der Waals surface area (Å²) in [5, 5.41) is 0. The SMILES string of the molecule is CCOC(=O)c1nc(CC)n(Cc2ccccc2)c1C(=O)OCC. The molecular weight excluding hydrogens is 308 g/mol. The van der Waals surface area contributed by atoms with Crippen LogP contribution in [0.5, 0.6) is 0 Å². The molecule has 0 amide bonds. The van der Waals surface area contributed by atoms with Crippen LogP contribution in [0.25, 0.3) is 0 Å². The molecule has 1 aromatic heterocycles. The van der Waals surface area contributed by atoms with Crippen LogP contribution >= 0.6 is 0 Å². The molecule has 0 N–H and O–H groups in total. The molecule has 1 heterocycles. The average molecular weight is 330 g/mol. The molecule has 24 heavy (non-hydrogen) atoms. The number of imidazole rings is 1. The Bertz CT molecular complexity index is 707. The Morgan fingerprint density at radius 2 is 1.62 bits per heavy atom. The number of hydrogen-bond acceptors (Lipinski definition) is 5. The van der Waals surface area contributed by atoms with Crippen LogP contribution in [-0.2, 0) is 22.4 Å². The molecule has 6 heteroatoms. The quantitative estimate of drug-likeness (QED) is 0.730. The van der Waals surface area contributed by atoms with Gasteiger partial charge in [-0.05, 0) is 19.4 Å². The van der Waals surface area contributed by atoms with Gasteiger partial charge >= 0.3 is 11.9 Å². The van der Waals surface area contributed by atoms with Crippen molar-refractivity contribution in [2.45, 2.75) is 33.7 Å². The van der Waals surface area contributed by atoms with Crippen LogP contribution in [0.4, 0.5) is 0 Å². The molecule has 1 aromatic carbocycles. The summed E-state index contributed by atoms with van der Waals surface area (Å²) in [7, 11) is 0. The zero-order chi connectivity index (χ0) is 17.5. The van der Waals surface area contributed by atoms with Crippen molar-refractivity contribution in [3.05, 3.63) is 53.1 Å². The second kappa shape index (κ2) is 8.29. The van der Waals surface area contributed by atoms with E-state index in [2.05, 4.69) is 4.98 Å². The number of ether oxygens (including phenoxy) is 2. The number of hydrogen-bond donors (Lipinski definition) is 0. The first kappa shape index (κ1) is 17.7. The van der Waals surface area contributed by atoms with E-state index >= 15 is 0 Å². The standard InChI is InChI=1S/C18H22N2O4/c1-4-14-19-15(17(21)23-5-2)16(18(22)24-6-3)20(14)12-13-10-8-7-9-11-13/h7-11H,4-6,12H2,1-3H3. The molecule has 0 aliphatic carbocycles. The van der Waals surface area contributed by atoms with E-state index in [0.717, 1.165) is 5.56 Å². The Labute approximate surface area is 141 Å². The lowest BCUT2D eigenvalue weighted by atomic mass is 10.2. The van der Waals surface area contributed by atoms with Gasteiger partial charge < -0.3 is 14.0 Å². The lowest BCUT2D eigenvalue weighted by Gasteiger charge is -2.11. The minimum absolute atomic E-state index is 0.0167. The molecule has 0 spiro atoms. The summed E-state index contributed by atoms with van der Waals surface area (Å²) in [6.45, 7) is 6.23. The van der Waals surface area contributed by atoms with E-state index in [1.54, 1.807) is 18.4 Å². The molecule has 0 unspecified atom stereocenters. The maximum Gasteiger partial charge on any atom is 0.359 e. The third-order valence-corrected chi connectivity index (χ3v) is 3.48. The van der Waals surface area contributed by atoms with Crippen LogP contribution in [0, 0.1) is 0 Å². The van der Waals surface area contributed by atoms with Crippen molar-refractivity contribution in [3.63, 3.8) is 0 Å². The molecule has 0 fully saturated rings. The fraction of sp³-hybridized carbons (Fsp3) is 0.389. The van der Waals surface area contributed by atoms with Gasteiger partial charge in [-0.25, -0.2) is 14.6 Å². The lowest BCUT2D eigenvalue weighted by Crippen LogP contribution is -2.18. The number of esters is 2. The van der Waals surface area contributed by atoms with E-state index in [9.17, 15) is 9.59 Å². The van der Waals surface area contributed by atoms with E-state index in [1.807, 2.05) is 37.3 Å². The maximum atomic E-state index is 12.4. The van der Waals surface area contributed by atoms with E-state index < -0.39 is 11.9 Å². The molecule has 6 nitrogen and oxygen atoms in total. The predicted molar refractivity (Wildman–Crippen MR) is 89.1 cm³/mol. The van der Waals surface area contributed by atoms with E-state index in [4.69, 9.17) is 9.47 Å². The number of rotatable bonds is 7. The molecule has 0 aliphatic rings. The summed E-state index contributed by atoms with van der Waals surface area (Å²) in [5.41, 5.74) is 1.17. The monoisotopic (exact) mass is 330 g/mol. The number of benzene rings is 1. The van der Waals surface area contributed by atoms with Gasteiger partial charge in [0.05, 0.1) is 13.2 Å². The Balaban J connectivity index is 2.53. The minimum atomic E-state index is -0.609. The smallest absolute Gasteiger partial charge is 0.359 e. The summed E-state index contributed by atoms with van der Waals surface area (Å²) in [4.78, 5) is 29.0. The largest absolute Gasteiger partial charge is 0.461 e. The molecule has 0 saturated heterocycles. The van der Waals surface area contributed by atoms with Gasteiger partial charge in [0.25, 0.3) is 0 Å². The Morgan fingerprint density at radius 3 is 2.21 bits per heavy atom. The van der Waals surface area contributed by atoms with Gasteiger partial charge in [-0.1, -0.05) is 37.3 Å². The van der Waals surface area contributed by atoms with Crippen molar-refractivity contribution >= 4 is 11.9 Å². The molecule has 0 saturated carbocycles. The Hall–Kier alpha value is -2.63. The average Bonchev–Trinajstić information content (AvgIpc) is 2.95. The first-order chi connectivity index (χ1) is 11.6. The van der Waals surface area contributed by atoms with Crippen LogP contribution < -0.4 is 0 Å². The van der Waals surface area contributed by atoms with E-state index in [1.165, 1.54) is 0 Å². The van der Waals surface area contributed by atoms with Crippen molar-refractivity contribution in [3.8, 4) is 0 Å². The van der Waals surface area contributed by atoms with Crippen LogP contribution in [0.3, 0.4) is 0 Å². The summed E-state index contributed by atoms with van der Waals surface area (Å²) in [5.74, 6) is -0.532. The Kier molecular flexibility index (Phi) is 6.12. The van der Waals surface area contributed by atoms with Gasteiger partial charge in [0.15, 0.2) is 11.4 Å². The van der Waals surface area contributed by atoms with Gasteiger partial charge in [-0.2, -0.15) is 0 Å². The molecule has 0 atom stereocenters. The van der Waals surface area contributed by atoms with Gasteiger partial charge in [0.2, 0.25) is 0 Å². The van der Waals surface area contributed by atoms with Gasteiger partial charge in [-0.3, -0.25) is 0 Å². The third kappa shape index (κ3) is 3.82. The molecule has 0 bridgehead atoms. The molecule has 2 rings (SSSR count). The molecular formula is C18H22N2O4. The minimum Gasteiger partial charge on any atom is -0.461 e. The predicted octanol–water partition coefficient (Wildman–Crippen LogP) is 2.85. The second-order valence-electron chi connectivity index (χ2n) is 5.09. The van der Waals surface area contributed by atoms with E-state index in [0.29, 0.717) is 18.8 Å². The number of nitrogens with zero attached hydrogens (tertiary/aromatic N) is 2. The second-order valence-corrected chi connectivity index (χ2v) is 5.09. The topological polar surface area (TPSA) is 70.4 Å². The van der Waals surface area contributed by atoms with Gasteiger partial charge in [0, 0.05) is 13.0 Å². The summed E-state index contributed by atoms with van der Waals surface area (Å²) in [6, 6.07) is 9.69. The highest BCUT2D eigenvalue weighted by molar-refractivity contribution is 6.01. The third-order valence-electron chi connectivity index (χ3n) is 3.48. The van der Waals surface area contributed by atoms with Crippen molar-refractivity contribution in [1.82, 2.24) is 9.55 Å². The maximum absolute atomic E-state index is 12.4. The number of carbonyl (C=O) groups is 2. The number of carbonyl (C=O) groups excluding carboxylic acids is 2.